The van der Waals surface area contributed by atoms with Gasteiger partial charge >= 0.3 is 0 Å². The van der Waals surface area contributed by atoms with E-state index in [1.807, 2.05) is 6.92 Å². The van der Waals surface area contributed by atoms with E-state index in [0.717, 1.165) is 5.56 Å². The van der Waals surface area contributed by atoms with E-state index in [1.165, 1.54) is 6.07 Å². The van der Waals surface area contributed by atoms with Crippen LogP contribution in [0.5, 0.6) is 0 Å². The molecule has 1 aliphatic heterocycles. The Morgan fingerprint density at radius 3 is 2.48 bits per heavy atom. The van der Waals surface area contributed by atoms with Gasteiger partial charge in [-0.25, -0.2) is 0 Å². The van der Waals surface area contributed by atoms with Crippen LogP contribution < -0.4 is 10.6 Å². The first-order valence-electron chi connectivity index (χ1n) is 6.98. The summed E-state index contributed by atoms with van der Waals surface area (Å²) in [5.41, 5.74) is 1.57. The molecule has 0 aromatic heterocycles. The molecule has 1 aromatic carbocycles. The first-order chi connectivity index (χ1) is 10.1. The standard InChI is InChI=1S/C14H18N4O3/c1-3-9-5-6-11(18(20)21)10(4-2)12(9)13(19)17-14-15-7-8-16-14/h5-6H,3-4,7-8H2,1-2H3,(H2,15,16,17,19). The molecule has 1 heterocycles. The van der Waals surface area contributed by atoms with Crippen LogP contribution in [0, 0.1) is 10.1 Å². The average molecular weight is 290 g/mol. The molecule has 1 amide bonds. The molecule has 1 saturated heterocycles. The number of nitro benzene ring substituents is 1. The van der Waals surface area contributed by atoms with Crippen molar-refractivity contribution in [2.45, 2.75) is 26.7 Å². The summed E-state index contributed by atoms with van der Waals surface area (Å²) < 4.78 is 0. The number of guanidine groups is 1. The van der Waals surface area contributed by atoms with Crippen LogP contribution >= 0.6 is 0 Å². The van der Waals surface area contributed by atoms with Gasteiger partial charge < -0.3 is 10.6 Å². The van der Waals surface area contributed by atoms with E-state index in [2.05, 4.69) is 15.6 Å². The van der Waals surface area contributed by atoms with E-state index in [4.69, 9.17) is 0 Å². The Morgan fingerprint density at radius 1 is 1.29 bits per heavy atom. The van der Waals surface area contributed by atoms with Crippen molar-refractivity contribution in [3.63, 3.8) is 0 Å². The van der Waals surface area contributed by atoms with Crippen LogP contribution in [0.4, 0.5) is 5.69 Å². The molecule has 21 heavy (non-hydrogen) atoms. The van der Waals surface area contributed by atoms with Crippen molar-refractivity contribution >= 4 is 17.6 Å². The van der Waals surface area contributed by atoms with Crippen LogP contribution in [0.2, 0.25) is 0 Å². The second kappa shape index (κ2) is 6.34. The van der Waals surface area contributed by atoms with Crippen molar-refractivity contribution in [2.75, 3.05) is 13.1 Å². The fourth-order valence-electron chi connectivity index (χ4n) is 2.44. The minimum Gasteiger partial charge on any atom is -0.354 e. The Labute approximate surface area is 122 Å². The summed E-state index contributed by atoms with van der Waals surface area (Å²) in [7, 11) is 0. The van der Waals surface area contributed by atoms with Crippen molar-refractivity contribution in [2.24, 2.45) is 4.99 Å². The number of aliphatic imine (C=N–C) groups is 1. The first kappa shape index (κ1) is 15.0. The summed E-state index contributed by atoms with van der Waals surface area (Å²) in [4.78, 5) is 27.1. The fourth-order valence-corrected chi connectivity index (χ4v) is 2.44. The molecule has 0 bridgehead atoms. The molecule has 7 heteroatoms. The monoisotopic (exact) mass is 290 g/mol. The van der Waals surface area contributed by atoms with E-state index in [-0.39, 0.29) is 5.69 Å². The molecule has 0 aliphatic carbocycles. The zero-order chi connectivity index (χ0) is 15.4. The third-order valence-electron chi connectivity index (χ3n) is 3.44. The Morgan fingerprint density at radius 2 is 1.95 bits per heavy atom. The lowest BCUT2D eigenvalue weighted by Gasteiger charge is -2.10. The topological polar surface area (TPSA) is 96.6 Å². The number of hydrogen-bond donors (Lipinski definition) is 2. The van der Waals surface area contributed by atoms with Crippen LogP contribution in [0.25, 0.3) is 0 Å². The smallest absolute Gasteiger partial charge is 0.281 e. The third kappa shape index (κ3) is 3.01. The number of aryl methyl sites for hydroxylation is 1. The summed E-state index contributed by atoms with van der Waals surface area (Å²) in [5, 5.41) is 17.0. The molecular formula is C14H18N4O3. The maximum absolute atomic E-state index is 12.4. The first-order valence-corrected chi connectivity index (χ1v) is 6.98. The van der Waals surface area contributed by atoms with Crippen LogP contribution in [0.3, 0.4) is 0 Å². The van der Waals surface area contributed by atoms with Gasteiger partial charge in [-0.2, -0.15) is 4.99 Å². The summed E-state index contributed by atoms with van der Waals surface area (Å²) in [6.45, 7) is 5.14. The number of carbonyl (C=O) groups is 1. The summed E-state index contributed by atoms with van der Waals surface area (Å²) >= 11 is 0. The Balaban J connectivity index is 2.53. The van der Waals surface area contributed by atoms with Gasteiger partial charge in [0.05, 0.1) is 10.5 Å². The largest absolute Gasteiger partial charge is 0.354 e. The number of benzene rings is 1. The normalized spacial score (nSPS) is 13.5. The highest BCUT2D eigenvalue weighted by atomic mass is 16.6. The minimum atomic E-state index is -0.450. The van der Waals surface area contributed by atoms with Crippen molar-refractivity contribution in [1.29, 1.82) is 0 Å². The lowest BCUT2D eigenvalue weighted by atomic mass is 9.95. The highest BCUT2D eigenvalue weighted by molar-refractivity contribution is 6.05. The van der Waals surface area contributed by atoms with Crippen molar-refractivity contribution in [1.82, 2.24) is 10.6 Å². The van der Waals surface area contributed by atoms with Gasteiger partial charge in [0, 0.05) is 24.7 Å². The van der Waals surface area contributed by atoms with Crippen molar-refractivity contribution < 1.29 is 9.72 Å². The summed E-state index contributed by atoms with van der Waals surface area (Å²) in [6.07, 6.45) is 1.04. The molecule has 2 N–H and O–H groups in total. The van der Waals surface area contributed by atoms with Crippen LogP contribution in [0.1, 0.15) is 35.3 Å². The molecule has 0 radical (unpaired) electrons. The van der Waals surface area contributed by atoms with Gasteiger partial charge in [-0.3, -0.25) is 14.9 Å². The lowest BCUT2D eigenvalue weighted by Crippen LogP contribution is -2.25. The van der Waals surface area contributed by atoms with E-state index in [1.54, 1.807) is 13.0 Å². The Bertz CT molecular complexity index is 602. The predicted octanol–water partition coefficient (Wildman–Crippen LogP) is 1.41. The van der Waals surface area contributed by atoms with Crippen molar-refractivity contribution in [3.8, 4) is 0 Å². The second-order valence-electron chi connectivity index (χ2n) is 4.68. The fraction of sp³-hybridized carbons (Fsp3) is 0.429. The zero-order valence-electron chi connectivity index (χ0n) is 12.1. The van der Waals surface area contributed by atoms with Gasteiger partial charge in [0.25, 0.3) is 11.6 Å². The Hall–Kier alpha value is -2.44. The quantitative estimate of drug-likeness (QED) is 0.645. The Kier molecular flexibility index (Phi) is 4.52. The number of nitro groups is 1. The molecule has 7 nitrogen and oxygen atoms in total. The lowest BCUT2D eigenvalue weighted by molar-refractivity contribution is -0.385. The SMILES string of the molecule is CCc1ccc([N+](=O)[O-])c(CC)c1C(=O)N=C1NCCN1. The van der Waals surface area contributed by atoms with Gasteiger partial charge in [-0.1, -0.05) is 19.9 Å². The van der Waals surface area contributed by atoms with Crippen LogP contribution in [-0.2, 0) is 12.8 Å². The number of nitrogens with one attached hydrogen (secondary N) is 2. The second-order valence-corrected chi connectivity index (χ2v) is 4.68. The molecule has 112 valence electrons. The number of carbonyl (C=O) groups excluding carboxylic acids is 1. The van der Waals surface area contributed by atoms with Gasteiger partial charge in [0.15, 0.2) is 5.96 Å². The van der Waals surface area contributed by atoms with Gasteiger partial charge in [-0.05, 0) is 18.4 Å². The molecule has 1 aliphatic rings. The van der Waals surface area contributed by atoms with Gasteiger partial charge in [0.1, 0.15) is 0 Å². The van der Waals surface area contributed by atoms with Gasteiger partial charge in [-0.15, -0.1) is 0 Å². The number of rotatable bonds is 4. The maximum atomic E-state index is 12.4. The number of amides is 1. The number of hydrogen-bond acceptors (Lipinski definition) is 3. The third-order valence-corrected chi connectivity index (χ3v) is 3.44. The van der Waals surface area contributed by atoms with E-state index < -0.39 is 10.8 Å². The van der Waals surface area contributed by atoms with E-state index in [9.17, 15) is 14.9 Å². The molecule has 0 saturated carbocycles. The summed E-state index contributed by atoms with van der Waals surface area (Å²) in [6, 6.07) is 3.11. The van der Waals surface area contributed by atoms with Crippen LogP contribution in [0.15, 0.2) is 17.1 Å². The molecule has 1 fully saturated rings. The molecule has 2 rings (SSSR count). The van der Waals surface area contributed by atoms with E-state index >= 15 is 0 Å². The maximum Gasteiger partial charge on any atom is 0.281 e. The highest BCUT2D eigenvalue weighted by Gasteiger charge is 2.24. The van der Waals surface area contributed by atoms with Crippen LogP contribution in [-0.4, -0.2) is 29.9 Å². The number of nitrogens with zero attached hydrogens (tertiary/aromatic N) is 2. The zero-order valence-corrected chi connectivity index (χ0v) is 12.1. The highest BCUT2D eigenvalue weighted by Crippen LogP contribution is 2.27. The van der Waals surface area contributed by atoms with E-state index in [0.29, 0.717) is 43.0 Å². The molecular weight excluding hydrogens is 272 g/mol. The molecule has 0 unspecified atom stereocenters. The predicted molar refractivity (Wildman–Crippen MR) is 79.6 cm³/mol. The van der Waals surface area contributed by atoms with Gasteiger partial charge in [0.2, 0.25) is 0 Å². The summed E-state index contributed by atoms with van der Waals surface area (Å²) in [5.74, 6) is -0.0140. The molecule has 0 spiro atoms. The average Bonchev–Trinajstić information content (AvgIpc) is 2.98. The molecule has 1 aromatic rings. The minimum absolute atomic E-state index is 0.0226. The molecule has 0 atom stereocenters. The van der Waals surface area contributed by atoms with Crippen molar-refractivity contribution in [3.05, 3.63) is 38.9 Å².